The van der Waals surface area contributed by atoms with Crippen LogP contribution in [0.3, 0.4) is 0 Å². The van der Waals surface area contributed by atoms with E-state index < -0.39 is 0 Å². The van der Waals surface area contributed by atoms with Crippen LogP contribution in [0.2, 0.25) is 0 Å². The number of hydrogen-bond acceptors (Lipinski definition) is 4. The molecule has 1 unspecified atom stereocenters. The summed E-state index contributed by atoms with van der Waals surface area (Å²) in [7, 11) is 0. The summed E-state index contributed by atoms with van der Waals surface area (Å²) in [4.78, 5) is 2.50. The molecule has 1 atom stereocenters. The molecule has 2 heterocycles. The molecule has 0 aromatic rings. The Morgan fingerprint density at radius 2 is 2.12 bits per heavy atom. The molecule has 4 nitrogen and oxygen atoms in total. The number of ether oxygens (including phenoxy) is 2. The summed E-state index contributed by atoms with van der Waals surface area (Å²) in [6, 6.07) is 0.593. The van der Waals surface area contributed by atoms with Gasteiger partial charge >= 0.3 is 0 Å². The van der Waals surface area contributed by atoms with Crippen LogP contribution in [-0.2, 0) is 9.47 Å². The van der Waals surface area contributed by atoms with Crippen LogP contribution in [-0.4, -0.2) is 49.6 Å². The summed E-state index contributed by atoms with van der Waals surface area (Å²) in [5.41, 5.74) is 5.67. The number of nitrogens with zero attached hydrogens (tertiary/aromatic N) is 1. The number of hydrogen-bond donors (Lipinski definition) is 1. The zero-order chi connectivity index (χ0) is 11.4. The maximum Gasteiger partial charge on any atom is 0.181 e. The summed E-state index contributed by atoms with van der Waals surface area (Å²) in [5.74, 6) is -0.291. The summed E-state index contributed by atoms with van der Waals surface area (Å²) in [6.07, 6.45) is 4.45. The SMILES string of the molecule is CCC(CCN)N1CCCC2(C1)OCCO2. The van der Waals surface area contributed by atoms with Crippen molar-refractivity contribution in [3.05, 3.63) is 0 Å². The van der Waals surface area contributed by atoms with Gasteiger partial charge < -0.3 is 15.2 Å². The van der Waals surface area contributed by atoms with E-state index in [0.29, 0.717) is 6.04 Å². The minimum absolute atomic E-state index is 0.291. The van der Waals surface area contributed by atoms with Gasteiger partial charge in [0.15, 0.2) is 5.79 Å². The molecule has 1 spiro atoms. The molecule has 2 N–H and O–H groups in total. The molecule has 94 valence electrons. The van der Waals surface area contributed by atoms with Gasteiger partial charge in [0.05, 0.1) is 19.8 Å². The predicted molar refractivity (Wildman–Crippen MR) is 63.2 cm³/mol. The summed E-state index contributed by atoms with van der Waals surface area (Å²) < 4.78 is 11.6. The number of likely N-dealkylation sites (tertiary alicyclic amines) is 1. The van der Waals surface area contributed by atoms with E-state index in [1.54, 1.807) is 0 Å². The van der Waals surface area contributed by atoms with E-state index in [4.69, 9.17) is 15.2 Å². The van der Waals surface area contributed by atoms with Gasteiger partial charge in [0.2, 0.25) is 0 Å². The Hall–Kier alpha value is -0.160. The molecule has 0 saturated carbocycles. The molecule has 16 heavy (non-hydrogen) atoms. The van der Waals surface area contributed by atoms with Gasteiger partial charge in [0.25, 0.3) is 0 Å². The minimum Gasteiger partial charge on any atom is -0.346 e. The summed E-state index contributed by atoms with van der Waals surface area (Å²) in [6.45, 7) is 6.59. The van der Waals surface area contributed by atoms with E-state index in [0.717, 1.165) is 52.1 Å². The second-order valence-corrected chi connectivity index (χ2v) is 4.82. The Labute approximate surface area is 98.1 Å². The van der Waals surface area contributed by atoms with Gasteiger partial charge in [0, 0.05) is 12.5 Å². The smallest absolute Gasteiger partial charge is 0.181 e. The lowest BCUT2D eigenvalue weighted by molar-refractivity contribution is -0.194. The first-order valence-corrected chi connectivity index (χ1v) is 6.52. The predicted octanol–water partition coefficient (Wildman–Crippen LogP) is 0.953. The Balaban J connectivity index is 1.94. The summed E-state index contributed by atoms with van der Waals surface area (Å²) in [5, 5.41) is 0. The zero-order valence-electron chi connectivity index (χ0n) is 10.3. The highest BCUT2D eigenvalue weighted by Crippen LogP contribution is 2.31. The van der Waals surface area contributed by atoms with E-state index in [1.807, 2.05) is 0 Å². The third-order valence-electron chi connectivity index (χ3n) is 3.75. The lowest BCUT2D eigenvalue weighted by Gasteiger charge is -2.42. The van der Waals surface area contributed by atoms with E-state index in [1.165, 1.54) is 6.42 Å². The van der Waals surface area contributed by atoms with E-state index in [-0.39, 0.29) is 5.79 Å². The molecule has 4 heteroatoms. The van der Waals surface area contributed by atoms with Crippen LogP contribution in [0.25, 0.3) is 0 Å². The Morgan fingerprint density at radius 3 is 2.75 bits per heavy atom. The van der Waals surface area contributed by atoms with Crippen LogP contribution < -0.4 is 5.73 Å². The molecular weight excluding hydrogens is 204 g/mol. The normalized spacial score (nSPS) is 27.4. The monoisotopic (exact) mass is 228 g/mol. The second kappa shape index (κ2) is 5.45. The molecule has 2 fully saturated rings. The third kappa shape index (κ3) is 2.56. The van der Waals surface area contributed by atoms with Crippen molar-refractivity contribution in [2.75, 3.05) is 32.8 Å². The number of piperidine rings is 1. The van der Waals surface area contributed by atoms with E-state index in [2.05, 4.69) is 11.8 Å². The first-order chi connectivity index (χ1) is 7.79. The van der Waals surface area contributed by atoms with Crippen LogP contribution in [0.5, 0.6) is 0 Å². The molecule has 0 radical (unpaired) electrons. The maximum atomic E-state index is 5.79. The van der Waals surface area contributed by atoms with Crippen molar-refractivity contribution < 1.29 is 9.47 Å². The molecule has 0 bridgehead atoms. The molecule has 2 aliphatic heterocycles. The fourth-order valence-electron chi connectivity index (χ4n) is 2.90. The highest BCUT2D eigenvalue weighted by molar-refractivity contribution is 4.86. The molecular formula is C12H24N2O2. The first-order valence-electron chi connectivity index (χ1n) is 6.52. The van der Waals surface area contributed by atoms with Gasteiger partial charge in [0.1, 0.15) is 0 Å². The van der Waals surface area contributed by atoms with Crippen molar-refractivity contribution >= 4 is 0 Å². The van der Waals surface area contributed by atoms with Crippen LogP contribution in [0, 0.1) is 0 Å². The van der Waals surface area contributed by atoms with Crippen LogP contribution in [0.15, 0.2) is 0 Å². The highest BCUT2D eigenvalue weighted by atomic mass is 16.7. The summed E-state index contributed by atoms with van der Waals surface area (Å²) >= 11 is 0. The molecule has 0 aromatic heterocycles. The van der Waals surface area contributed by atoms with Gasteiger partial charge in [-0.3, -0.25) is 4.90 Å². The van der Waals surface area contributed by atoms with Gasteiger partial charge in [-0.15, -0.1) is 0 Å². The number of nitrogens with two attached hydrogens (primary N) is 1. The Kier molecular flexibility index (Phi) is 4.19. The second-order valence-electron chi connectivity index (χ2n) is 4.82. The third-order valence-corrected chi connectivity index (χ3v) is 3.75. The van der Waals surface area contributed by atoms with Crippen molar-refractivity contribution in [3.8, 4) is 0 Å². The molecule has 0 aromatic carbocycles. The quantitative estimate of drug-likeness (QED) is 0.778. The van der Waals surface area contributed by atoms with Crippen LogP contribution >= 0.6 is 0 Å². The lowest BCUT2D eigenvalue weighted by Crippen LogP contribution is -2.52. The molecule has 0 amide bonds. The molecule has 2 saturated heterocycles. The van der Waals surface area contributed by atoms with Crippen LogP contribution in [0.1, 0.15) is 32.6 Å². The van der Waals surface area contributed by atoms with Crippen molar-refractivity contribution in [1.82, 2.24) is 4.90 Å². The van der Waals surface area contributed by atoms with E-state index in [9.17, 15) is 0 Å². The average Bonchev–Trinajstić information content (AvgIpc) is 2.74. The minimum atomic E-state index is -0.291. The highest BCUT2D eigenvalue weighted by Gasteiger charge is 2.41. The first kappa shape index (κ1) is 12.3. The van der Waals surface area contributed by atoms with Gasteiger partial charge in [-0.1, -0.05) is 6.92 Å². The van der Waals surface area contributed by atoms with Crippen molar-refractivity contribution in [1.29, 1.82) is 0 Å². The lowest BCUT2D eigenvalue weighted by atomic mass is 10.00. The van der Waals surface area contributed by atoms with Gasteiger partial charge in [-0.05, 0) is 32.4 Å². The van der Waals surface area contributed by atoms with Crippen LogP contribution in [0.4, 0.5) is 0 Å². The Morgan fingerprint density at radius 1 is 1.38 bits per heavy atom. The maximum absolute atomic E-state index is 5.79. The number of rotatable bonds is 4. The largest absolute Gasteiger partial charge is 0.346 e. The Bertz CT molecular complexity index is 217. The molecule has 0 aliphatic carbocycles. The van der Waals surface area contributed by atoms with Gasteiger partial charge in [-0.2, -0.15) is 0 Å². The van der Waals surface area contributed by atoms with Crippen molar-refractivity contribution in [2.45, 2.75) is 44.4 Å². The fourth-order valence-corrected chi connectivity index (χ4v) is 2.90. The topological polar surface area (TPSA) is 47.7 Å². The van der Waals surface area contributed by atoms with E-state index >= 15 is 0 Å². The molecule has 2 aliphatic rings. The average molecular weight is 228 g/mol. The fraction of sp³-hybridized carbons (Fsp3) is 1.00. The van der Waals surface area contributed by atoms with Crippen molar-refractivity contribution in [3.63, 3.8) is 0 Å². The standard InChI is InChI=1S/C12H24N2O2/c1-2-11(4-6-13)14-7-3-5-12(10-14)15-8-9-16-12/h11H,2-10,13H2,1H3. The molecule has 2 rings (SSSR count). The van der Waals surface area contributed by atoms with Crippen molar-refractivity contribution in [2.24, 2.45) is 5.73 Å². The van der Waals surface area contributed by atoms with Gasteiger partial charge in [-0.25, -0.2) is 0 Å². The zero-order valence-corrected chi connectivity index (χ0v) is 10.3.